The molecule has 0 radical (unpaired) electrons. The van der Waals surface area contributed by atoms with E-state index in [2.05, 4.69) is 20.3 Å². The van der Waals surface area contributed by atoms with E-state index in [-0.39, 0.29) is 23.4 Å². The summed E-state index contributed by atoms with van der Waals surface area (Å²) in [7, 11) is 0.0524. The Balaban J connectivity index is 1.41. The number of aromatic amines is 1. The maximum absolute atomic E-state index is 13.7. The van der Waals surface area contributed by atoms with E-state index in [1.807, 2.05) is 44.1 Å². The summed E-state index contributed by atoms with van der Waals surface area (Å²) in [4.78, 5) is 24.2. The van der Waals surface area contributed by atoms with Crippen LogP contribution in [0.5, 0.6) is 0 Å². The van der Waals surface area contributed by atoms with Gasteiger partial charge in [0, 0.05) is 55.6 Å². The normalized spacial score (nSPS) is 17.2. The fourth-order valence-electron chi connectivity index (χ4n) is 4.57. The van der Waals surface area contributed by atoms with Crippen LogP contribution in [0, 0.1) is 0 Å². The topological polar surface area (TPSA) is 120 Å². The molecular weight excluding hydrogens is 480 g/mol. The first-order chi connectivity index (χ1) is 17.3. The average molecular weight is 509 g/mol. The minimum absolute atomic E-state index is 0.0937. The van der Waals surface area contributed by atoms with E-state index in [1.54, 1.807) is 40.2 Å². The summed E-state index contributed by atoms with van der Waals surface area (Å²) in [6, 6.07) is 10.3. The molecule has 1 atom stereocenters. The number of fused-ring (bicyclic) bond motifs is 1. The van der Waals surface area contributed by atoms with Crippen molar-refractivity contribution in [3.8, 4) is 5.82 Å². The van der Waals surface area contributed by atoms with Gasteiger partial charge in [-0.15, -0.1) is 5.10 Å². The smallest absolute Gasteiger partial charge is 0.253 e. The van der Waals surface area contributed by atoms with Crippen LogP contribution in [-0.2, 0) is 16.6 Å². The maximum Gasteiger partial charge on any atom is 0.253 e. The number of rotatable bonds is 6. The van der Waals surface area contributed by atoms with Crippen molar-refractivity contribution in [2.75, 3.05) is 33.7 Å². The van der Waals surface area contributed by atoms with Gasteiger partial charge in [-0.3, -0.25) is 4.79 Å². The van der Waals surface area contributed by atoms with Gasteiger partial charge >= 0.3 is 0 Å². The molecule has 1 unspecified atom stereocenters. The van der Waals surface area contributed by atoms with Crippen LogP contribution in [0.1, 0.15) is 23.0 Å². The van der Waals surface area contributed by atoms with Crippen LogP contribution >= 0.6 is 0 Å². The van der Waals surface area contributed by atoms with E-state index < -0.39 is 10.0 Å². The highest BCUT2D eigenvalue weighted by Crippen LogP contribution is 2.30. The molecule has 0 aliphatic carbocycles. The van der Waals surface area contributed by atoms with Gasteiger partial charge in [-0.05, 0) is 39.2 Å². The van der Waals surface area contributed by atoms with Gasteiger partial charge in [0.15, 0.2) is 5.82 Å². The summed E-state index contributed by atoms with van der Waals surface area (Å²) in [6.45, 7) is 3.29. The Morgan fingerprint density at radius 1 is 1.17 bits per heavy atom. The second-order valence-corrected chi connectivity index (χ2v) is 11.0. The molecule has 0 bridgehead atoms. The quantitative estimate of drug-likeness (QED) is 0.421. The first-order valence-corrected chi connectivity index (χ1v) is 13.1. The van der Waals surface area contributed by atoms with Crippen molar-refractivity contribution in [3.63, 3.8) is 0 Å². The fourth-order valence-corrected chi connectivity index (χ4v) is 6.34. The van der Waals surface area contributed by atoms with Gasteiger partial charge in [-0.25, -0.2) is 13.4 Å². The second-order valence-electron chi connectivity index (χ2n) is 9.18. The number of amides is 1. The highest BCUT2D eigenvalue weighted by molar-refractivity contribution is 7.89. The largest absolute Gasteiger partial charge is 0.357 e. The SMILES string of the molecule is CC1CN(C(=O)c2ccccc2)CCN1S(=O)(=O)c1c[nH]c2c(-n3cc(CN(C)C)nn3)nccc12. The number of piperazine rings is 1. The Morgan fingerprint density at radius 2 is 1.94 bits per heavy atom. The molecule has 188 valence electrons. The molecule has 1 amide bonds. The molecule has 3 aromatic heterocycles. The Hall–Kier alpha value is -3.61. The average Bonchev–Trinajstić information content (AvgIpc) is 3.51. The predicted octanol–water partition coefficient (Wildman–Crippen LogP) is 1.74. The van der Waals surface area contributed by atoms with Gasteiger partial charge in [-0.2, -0.15) is 8.99 Å². The van der Waals surface area contributed by atoms with Crippen molar-refractivity contribution in [2.45, 2.75) is 24.4 Å². The number of hydrogen-bond acceptors (Lipinski definition) is 7. The molecule has 36 heavy (non-hydrogen) atoms. The number of nitrogens with zero attached hydrogens (tertiary/aromatic N) is 7. The van der Waals surface area contributed by atoms with Crippen molar-refractivity contribution in [3.05, 3.63) is 66.2 Å². The van der Waals surface area contributed by atoms with Crippen LogP contribution in [0.2, 0.25) is 0 Å². The molecule has 0 spiro atoms. The fraction of sp³-hybridized carbons (Fsp3) is 0.333. The Bertz CT molecular complexity index is 1500. The second kappa shape index (κ2) is 9.45. The number of hydrogen-bond donors (Lipinski definition) is 1. The molecule has 12 heteroatoms. The summed E-state index contributed by atoms with van der Waals surface area (Å²) in [5, 5.41) is 8.88. The van der Waals surface area contributed by atoms with Gasteiger partial charge in [0.2, 0.25) is 10.0 Å². The summed E-state index contributed by atoms with van der Waals surface area (Å²) >= 11 is 0. The highest BCUT2D eigenvalue weighted by Gasteiger charge is 2.36. The molecule has 1 fully saturated rings. The van der Waals surface area contributed by atoms with Crippen LogP contribution in [-0.4, -0.2) is 93.2 Å². The number of pyridine rings is 1. The van der Waals surface area contributed by atoms with Gasteiger partial charge in [-0.1, -0.05) is 23.4 Å². The van der Waals surface area contributed by atoms with E-state index >= 15 is 0 Å². The number of carbonyl (C=O) groups excluding carboxylic acids is 1. The molecule has 0 saturated carbocycles. The molecule has 1 saturated heterocycles. The van der Waals surface area contributed by atoms with E-state index in [9.17, 15) is 13.2 Å². The van der Waals surface area contributed by atoms with E-state index in [1.165, 1.54) is 10.5 Å². The van der Waals surface area contributed by atoms with Crippen molar-refractivity contribution in [2.24, 2.45) is 0 Å². The Kier molecular flexibility index (Phi) is 6.33. The Morgan fingerprint density at radius 3 is 2.67 bits per heavy atom. The first kappa shape index (κ1) is 24.1. The molecular formula is C24H28N8O3S. The number of sulfonamides is 1. The van der Waals surface area contributed by atoms with Crippen molar-refractivity contribution >= 4 is 26.8 Å². The standard InChI is InChI=1S/C24H28N8O3S/c1-17-14-30(24(33)18-7-5-4-6-8-18)11-12-32(17)36(34,35)21-13-26-22-20(21)9-10-25-23(22)31-16-19(27-28-31)15-29(2)3/h4-10,13,16-17,26H,11-12,14-15H2,1-3H3. The molecule has 1 N–H and O–H groups in total. The highest BCUT2D eigenvalue weighted by atomic mass is 32.2. The minimum Gasteiger partial charge on any atom is -0.357 e. The number of carbonyl (C=O) groups is 1. The summed E-state index contributed by atoms with van der Waals surface area (Å²) in [5.74, 6) is 0.376. The van der Waals surface area contributed by atoms with Crippen LogP contribution in [0.15, 0.2) is 59.9 Å². The number of aromatic nitrogens is 5. The third kappa shape index (κ3) is 4.38. The maximum atomic E-state index is 13.7. The number of nitrogens with one attached hydrogen (secondary N) is 1. The molecule has 1 aromatic carbocycles. The van der Waals surface area contributed by atoms with Crippen LogP contribution in [0.25, 0.3) is 16.7 Å². The number of H-pyrrole nitrogens is 1. The van der Waals surface area contributed by atoms with E-state index in [0.29, 0.717) is 41.9 Å². The van der Waals surface area contributed by atoms with Gasteiger partial charge in [0.05, 0.1) is 17.4 Å². The molecule has 4 heterocycles. The van der Waals surface area contributed by atoms with Crippen LogP contribution < -0.4 is 0 Å². The molecule has 4 aromatic rings. The lowest BCUT2D eigenvalue weighted by Crippen LogP contribution is -2.55. The van der Waals surface area contributed by atoms with Crippen LogP contribution in [0.4, 0.5) is 0 Å². The van der Waals surface area contributed by atoms with Gasteiger partial charge < -0.3 is 14.8 Å². The zero-order valence-corrected chi connectivity index (χ0v) is 21.2. The van der Waals surface area contributed by atoms with Gasteiger partial charge in [0.25, 0.3) is 5.91 Å². The summed E-state index contributed by atoms with van der Waals surface area (Å²) in [6.07, 6.45) is 4.84. The number of benzene rings is 1. The monoisotopic (exact) mass is 508 g/mol. The predicted molar refractivity (Wildman–Crippen MR) is 134 cm³/mol. The van der Waals surface area contributed by atoms with Crippen LogP contribution in [0.3, 0.4) is 0 Å². The zero-order chi connectivity index (χ0) is 25.4. The van der Waals surface area contributed by atoms with E-state index in [4.69, 9.17) is 0 Å². The minimum atomic E-state index is -3.83. The van der Waals surface area contributed by atoms with Crippen molar-refractivity contribution in [1.82, 2.24) is 39.1 Å². The third-order valence-corrected chi connectivity index (χ3v) is 8.29. The molecule has 5 rings (SSSR count). The van der Waals surface area contributed by atoms with Gasteiger partial charge in [0.1, 0.15) is 4.90 Å². The first-order valence-electron chi connectivity index (χ1n) is 11.6. The Labute approximate surface area is 209 Å². The lowest BCUT2D eigenvalue weighted by atomic mass is 10.1. The van der Waals surface area contributed by atoms with E-state index in [0.717, 1.165) is 5.69 Å². The zero-order valence-electron chi connectivity index (χ0n) is 20.4. The van der Waals surface area contributed by atoms with Crippen molar-refractivity contribution < 1.29 is 13.2 Å². The molecule has 1 aliphatic heterocycles. The summed E-state index contributed by atoms with van der Waals surface area (Å²) < 4.78 is 30.5. The lowest BCUT2D eigenvalue weighted by Gasteiger charge is -2.38. The third-order valence-electron chi connectivity index (χ3n) is 6.24. The summed E-state index contributed by atoms with van der Waals surface area (Å²) in [5.41, 5.74) is 1.93. The van der Waals surface area contributed by atoms with Crippen molar-refractivity contribution in [1.29, 1.82) is 0 Å². The molecule has 11 nitrogen and oxygen atoms in total. The molecule has 1 aliphatic rings. The lowest BCUT2D eigenvalue weighted by molar-refractivity contribution is 0.0642.